The predicted octanol–water partition coefficient (Wildman–Crippen LogP) is -0.298. The van der Waals surface area contributed by atoms with Crippen LogP contribution in [0.15, 0.2) is 0 Å². The molecule has 0 aliphatic heterocycles. The third-order valence-corrected chi connectivity index (χ3v) is 2.10. The normalized spacial score (nSPS) is 11.8. The second-order valence-electron chi connectivity index (χ2n) is 1.87. The lowest BCUT2D eigenvalue weighted by molar-refractivity contribution is 0.318. The van der Waals surface area contributed by atoms with Crippen LogP contribution in [-0.2, 0) is 14.3 Å². The van der Waals surface area contributed by atoms with E-state index >= 15 is 0 Å². The molecule has 0 radical (unpaired) electrons. The first-order valence-corrected chi connectivity index (χ1v) is 4.77. The molecule has 0 aromatic rings. The van der Waals surface area contributed by atoms with E-state index in [1.807, 2.05) is 6.92 Å². The number of hydrogen-bond acceptors (Lipinski definition) is 4. The van der Waals surface area contributed by atoms with Crippen LogP contribution in [-0.4, -0.2) is 27.3 Å². The maximum atomic E-state index is 10.7. The van der Waals surface area contributed by atoms with Gasteiger partial charge in [-0.05, 0) is 6.42 Å². The summed E-state index contributed by atoms with van der Waals surface area (Å²) in [5, 5.41) is 0. The van der Waals surface area contributed by atoms with Crippen LogP contribution in [0.25, 0.3) is 0 Å². The summed E-state index contributed by atoms with van der Waals surface area (Å²) in [5.74, 6) is -0.0903. The first kappa shape index (κ1) is 9.87. The highest BCUT2D eigenvalue weighted by atomic mass is 32.2. The molecule has 0 aromatic heterocycles. The smallest absolute Gasteiger partial charge is 0.268 e. The monoisotopic (exact) mass is 167 g/mol. The van der Waals surface area contributed by atoms with Gasteiger partial charge in [0, 0.05) is 6.54 Å². The van der Waals surface area contributed by atoms with Crippen LogP contribution in [0, 0.1) is 0 Å². The van der Waals surface area contributed by atoms with Crippen molar-refractivity contribution in [2.75, 3.05) is 18.9 Å². The summed E-state index contributed by atoms with van der Waals surface area (Å²) in [6.45, 7) is 2.21. The van der Waals surface area contributed by atoms with E-state index in [2.05, 4.69) is 4.18 Å². The van der Waals surface area contributed by atoms with Crippen molar-refractivity contribution in [3.05, 3.63) is 0 Å². The highest BCUT2D eigenvalue weighted by Crippen LogP contribution is 1.92. The van der Waals surface area contributed by atoms with Gasteiger partial charge in [0.25, 0.3) is 10.1 Å². The van der Waals surface area contributed by atoms with Crippen molar-refractivity contribution < 1.29 is 12.6 Å². The minimum Gasteiger partial charge on any atom is -0.329 e. The van der Waals surface area contributed by atoms with E-state index in [-0.39, 0.29) is 18.9 Å². The van der Waals surface area contributed by atoms with E-state index in [4.69, 9.17) is 5.73 Å². The van der Waals surface area contributed by atoms with Crippen LogP contribution in [0.1, 0.15) is 13.3 Å². The van der Waals surface area contributed by atoms with E-state index in [1.165, 1.54) is 0 Å². The molecule has 0 atom stereocenters. The standard InChI is InChI=1S/C5H13NO3S/c1-2-4-9-10(7,8)5-3-6/h2-6H2,1H3. The fourth-order valence-corrected chi connectivity index (χ4v) is 1.24. The van der Waals surface area contributed by atoms with E-state index in [0.717, 1.165) is 0 Å². The molecule has 0 saturated heterocycles. The van der Waals surface area contributed by atoms with Gasteiger partial charge < -0.3 is 5.73 Å². The first-order chi connectivity index (χ1) is 4.62. The fourth-order valence-electron chi connectivity index (χ4n) is 0.414. The van der Waals surface area contributed by atoms with Gasteiger partial charge in [-0.2, -0.15) is 8.42 Å². The Morgan fingerprint density at radius 3 is 2.50 bits per heavy atom. The molecule has 0 unspecified atom stereocenters. The summed E-state index contributed by atoms with van der Waals surface area (Å²) < 4.78 is 25.9. The highest BCUT2D eigenvalue weighted by Gasteiger charge is 2.07. The Balaban J connectivity index is 3.65. The molecule has 10 heavy (non-hydrogen) atoms. The average Bonchev–Trinajstić information content (AvgIpc) is 1.84. The Hall–Kier alpha value is -0.130. The Kier molecular flexibility index (Phi) is 4.59. The van der Waals surface area contributed by atoms with Gasteiger partial charge in [-0.25, -0.2) is 0 Å². The van der Waals surface area contributed by atoms with Crippen LogP contribution in [0.5, 0.6) is 0 Å². The zero-order valence-corrected chi connectivity index (χ0v) is 6.86. The lowest BCUT2D eigenvalue weighted by atomic mass is 10.5. The minimum atomic E-state index is -3.32. The molecule has 0 aromatic carbocycles. The van der Waals surface area contributed by atoms with Crippen LogP contribution in [0.4, 0.5) is 0 Å². The van der Waals surface area contributed by atoms with Gasteiger partial charge in [0.05, 0.1) is 12.4 Å². The molecule has 2 N–H and O–H groups in total. The molecular weight excluding hydrogens is 154 g/mol. The molecule has 0 saturated carbocycles. The highest BCUT2D eigenvalue weighted by molar-refractivity contribution is 7.86. The maximum Gasteiger partial charge on any atom is 0.268 e. The topological polar surface area (TPSA) is 69.4 Å². The van der Waals surface area contributed by atoms with Gasteiger partial charge in [0.15, 0.2) is 0 Å². The van der Waals surface area contributed by atoms with Crippen molar-refractivity contribution in [1.29, 1.82) is 0 Å². The van der Waals surface area contributed by atoms with Gasteiger partial charge in [-0.15, -0.1) is 0 Å². The van der Waals surface area contributed by atoms with Gasteiger partial charge in [0.2, 0.25) is 0 Å². The lowest BCUT2D eigenvalue weighted by Gasteiger charge is -2.00. The second-order valence-corrected chi connectivity index (χ2v) is 3.63. The van der Waals surface area contributed by atoms with E-state index in [0.29, 0.717) is 6.42 Å². The zero-order chi connectivity index (χ0) is 8.04. The molecule has 0 bridgehead atoms. The third-order valence-electron chi connectivity index (χ3n) is 0.835. The van der Waals surface area contributed by atoms with E-state index in [9.17, 15) is 8.42 Å². The van der Waals surface area contributed by atoms with Crippen LogP contribution in [0.2, 0.25) is 0 Å². The summed E-state index contributed by atoms with van der Waals surface area (Å²) in [7, 11) is -3.32. The molecule has 0 spiro atoms. The van der Waals surface area contributed by atoms with Gasteiger partial charge >= 0.3 is 0 Å². The first-order valence-electron chi connectivity index (χ1n) is 3.19. The summed E-state index contributed by atoms with van der Waals surface area (Å²) in [6, 6.07) is 0. The summed E-state index contributed by atoms with van der Waals surface area (Å²) in [5.41, 5.74) is 5.03. The SMILES string of the molecule is CCCOS(=O)(=O)CCN. The Labute approximate surface area is 61.5 Å². The molecule has 0 fully saturated rings. The third kappa shape index (κ3) is 4.72. The second kappa shape index (κ2) is 4.65. The van der Waals surface area contributed by atoms with Crippen LogP contribution < -0.4 is 5.73 Å². The summed E-state index contributed by atoms with van der Waals surface area (Å²) >= 11 is 0. The number of rotatable bonds is 5. The summed E-state index contributed by atoms with van der Waals surface area (Å²) in [4.78, 5) is 0. The van der Waals surface area contributed by atoms with E-state index < -0.39 is 10.1 Å². The molecule has 0 rings (SSSR count). The molecule has 0 aliphatic rings. The van der Waals surface area contributed by atoms with Gasteiger partial charge in [-0.1, -0.05) is 6.92 Å². The van der Waals surface area contributed by atoms with Crippen LogP contribution >= 0.6 is 0 Å². The Bertz CT molecular complexity index is 164. The predicted molar refractivity (Wildman–Crippen MR) is 39.1 cm³/mol. The van der Waals surface area contributed by atoms with E-state index in [1.54, 1.807) is 0 Å². The molecule has 62 valence electrons. The number of hydrogen-bond donors (Lipinski definition) is 1. The van der Waals surface area contributed by atoms with Gasteiger partial charge in [-0.3, -0.25) is 4.18 Å². The molecule has 5 heteroatoms. The van der Waals surface area contributed by atoms with Crippen molar-refractivity contribution in [2.24, 2.45) is 5.73 Å². The van der Waals surface area contributed by atoms with Gasteiger partial charge in [0.1, 0.15) is 0 Å². The molecule has 0 amide bonds. The van der Waals surface area contributed by atoms with Crippen molar-refractivity contribution in [2.45, 2.75) is 13.3 Å². The Morgan fingerprint density at radius 1 is 1.50 bits per heavy atom. The summed E-state index contributed by atoms with van der Waals surface area (Å²) in [6.07, 6.45) is 0.698. The average molecular weight is 167 g/mol. The molecule has 0 heterocycles. The largest absolute Gasteiger partial charge is 0.329 e. The van der Waals surface area contributed by atoms with Crippen molar-refractivity contribution in [3.63, 3.8) is 0 Å². The van der Waals surface area contributed by atoms with Crippen molar-refractivity contribution in [1.82, 2.24) is 0 Å². The zero-order valence-electron chi connectivity index (χ0n) is 6.04. The number of nitrogens with two attached hydrogens (primary N) is 1. The molecule has 0 aliphatic carbocycles. The van der Waals surface area contributed by atoms with Crippen LogP contribution in [0.3, 0.4) is 0 Å². The molecular formula is C5H13NO3S. The molecule has 4 nitrogen and oxygen atoms in total. The van der Waals surface area contributed by atoms with Crippen molar-refractivity contribution >= 4 is 10.1 Å². The minimum absolute atomic E-state index is 0.0903. The quantitative estimate of drug-likeness (QED) is 0.571. The van der Waals surface area contributed by atoms with Crippen molar-refractivity contribution in [3.8, 4) is 0 Å². The maximum absolute atomic E-state index is 10.7. The fraction of sp³-hybridized carbons (Fsp3) is 1.00. The lowest BCUT2D eigenvalue weighted by Crippen LogP contribution is -2.18. The Morgan fingerprint density at radius 2 is 2.10 bits per heavy atom.